The number of amides is 1. The fourth-order valence-corrected chi connectivity index (χ4v) is 4.06. The van der Waals surface area contributed by atoms with Gasteiger partial charge in [-0.15, -0.1) is 0 Å². The zero-order valence-corrected chi connectivity index (χ0v) is 16.9. The molecule has 1 aliphatic carbocycles. The Morgan fingerprint density at radius 1 is 1.00 bits per heavy atom. The molecule has 1 aliphatic rings. The van der Waals surface area contributed by atoms with Gasteiger partial charge in [-0.2, -0.15) is 0 Å². The van der Waals surface area contributed by atoms with E-state index in [0.29, 0.717) is 24.5 Å². The minimum Gasteiger partial charge on any atom is -0.493 e. The molecule has 0 unspecified atom stereocenters. The van der Waals surface area contributed by atoms with Crippen LogP contribution >= 0.6 is 0 Å². The Balaban J connectivity index is 1.70. The summed E-state index contributed by atoms with van der Waals surface area (Å²) in [6, 6.07) is 12.5. The van der Waals surface area contributed by atoms with E-state index in [9.17, 15) is 9.59 Å². The number of carboxylic acids is 1. The van der Waals surface area contributed by atoms with Crippen LogP contribution in [0.2, 0.25) is 0 Å². The Hall–Kier alpha value is -3.02. The average Bonchev–Trinajstić information content (AvgIpc) is 3.24. The number of rotatable bonds is 8. The molecule has 3 rings (SSSR count). The van der Waals surface area contributed by atoms with Crippen LogP contribution in [-0.2, 0) is 16.6 Å². The molecule has 154 valence electrons. The molecule has 1 fully saturated rings. The topological polar surface area (TPSA) is 84.9 Å². The van der Waals surface area contributed by atoms with Gasteiger partial charge in [-0.25, -0.2) is 4.79 Å². The number of carbonyl (C=O) groups excluding carboxylic acids is 1. The number of carbonyl (C=O) groups is 2. The SMILES string of the molecule is COc1ccc(C2(C(=O)NCCc3ccc(C(=O)O)cc3)CCCC2)cc1OC. The highest BCUT2D eigenvalue weighted by Crippen LogP contribution is 2.43. The summed E-state index contributed by atoms with van der Waals surface area (Å²) in [6.45, 7) is 0.500. The fourth-order valence-electron chi connectivity index (χ4n) is 4.06. The van der Waals surface area contributed by atoms with Crippen LogP contribution in [0.4, 0.5) is 0 Å². The maximum atomic E-state index is 13.2. The first-order valence-electron chi connectivity index (χ1n) is 9.83. The van der Waals surface area contributed by atoms with E-state index < -0.39 is 11.4 Å². The summed E-state index contributed by atoms with van der Waals surface area (Å²) in [6.07, 6.45) is 4.29. The monoisotopic (exact) mass is 397 g/mol. The Kier molecular flexibility index (Phi) is 6.42. The summed E-state index contributed by atoms with van der Waals surface area (Å²) in [5.74, 6) is 0.365. The molecule has 2 aromatic rings. The zero-order chi connectivity index (χ0) is 20.9. The van der Waals surface area contributed by atoms with Crippen LogP contribution < -0.4 is 14.8 Å². The standard InChI is InChI=1S/C23H27NO5/c1-28-19-10-9-18(15-20(19)29-2)23(12-3-4-13-23)22(27)24-14-11-16-5-7-17(8-6-16)21(25)26/h5-10,15H,3-4,11-14H2,1-2H3,(H,24,27)(H,25,26). The lowest BCUT2D eigenvalue weighted by Crippen LogP contribution is -2.43. The van der Waals surface area contributed by atoms with E-state index in [2.05, 4.69) is 5.32 Å². The van der Waals surface area contributed by atoms with Crippen LogP contribution in [0.15, 0.2) is 42.5 Å². The predicted octanol–water partition coefficient (Wildman–Crippen LogP) is 3.57. The number of nitrogens with one attached hydrogen (secondary N) is 1. The van der Waals surface area contributed by atoms with Gasteiger partial charge < -0.3 is 19.9 Å². The van der Waals surface area contributed by atoms with E-state index in [1.165, 1.54) is 0 Å². The lowest BCUT2D eigenvalue weighted by atomic mass is 9.77. The van der Waals surface area contributed by atoms with E-state index in [1.807, 2.05) is 18.2 Å². The Bertz CT molecular complexity index is 869. The largest absolute Gasteiger partial charge is 0.493 e. The van der Waals surface area contributed by atoms with Gasteiger partial charge >= 0.3 is 5.97 Å². The first-order chi connectivity index (χ1) is 14.0. The molecule has 0 atom stereocenters. The summed E-state index contributed by atoms with van der Waals surface area (Å²) < 4.78 is 10.8. The van der Waals surface area contributed by atoms with Crippen molar-refractivity contribution in [2.75, 3.05) is 20.8 Å². The minimum atomic E-state index is -0.942. The second-order valence-electron chi connectivity index (χ2n) is 7.37. The molecular weight excluding hydrogens is 370 g/mol. The van der Waals surface area contributed by atoms with Crippen LogP contribution in [0.1, 0.15) is 47.2 Å². The predicted molar refractivity (Wildman–Crippen MR) is 110 cm³/mol. The first kappa shape index (κ1) is 20.7. The van der Waals surface area contributed by atoms with Gasteiger partial charge in [0.05, 0.1) is 25.2 Å². The van der Waals surface area contributed by atoms with Crippen LogP contribution in [0, 0.1) is 0 Å². The molecule has 6 nitrogen and oxygen atoms in total. The molecule has 1 amide bonds. The Morgan fingerprint density at radius 3 is 2.24 bits per heavy atom. The normalized spacial score (nSPS) is 15.0. The number of methoxy groups -OCH3 is 2. The van der Waals surface area contributed by atoms with Gasteiger partial charge in [0, 0.05) is 6.54 Å². The lowest BCUT2D eigenvalue weighted by Gasteiger charge is -2.29. The van der Waals surface area contributed by atoms with E-state index in [0.717, 1.165) is 36.8 Å². The molecule has 0 spiro atoms. The van der Waals surface area contributed by atoms with Crippen molar-refractivity contribution in [1.29, 1.82) is 0 Å². The highest BCUT2D eigenvalue weighted by Gasteiger charge is 2.42. The van der Waals surface area contributed by atoms with Gasteiger partial charge in [-0.3, -0.25) is 4.79 Å². The highest BCUT2D eigenvalue weighted by molar-refractivity contribution is 5.89. The van der Waals surface area contributed by atoms with Crippen molar-refractivity contribution < 1.29 is 24.2 Å². The molecule has 2 N–H and O–H groups in total. The molecular formula is C23H27NO5. The second-order valence-corrected chi connectivity index (χ2v) is 7.37. The number of aromatic carboxylic acids is 1. The maximum absolute atomic E-state index is 13.2. The number of hydrogen-bond donors (Lipinski definition) is 2. The lowest BCUT2D eigenvalue weighted by molar-refractivity contribution is -0.126. The summed E-state index contributed by atoms with van der Waals surface area (Å²) in [5, 5.41) is 12.1. The van der Waals surface area contributed by atoms with Crippen molar-refractivity contribution in [3.8, 4) is 11.5 Å². The van der Waals surface area contributed by atoms with Crippen LogP contribution in [0.3, 0.4) is 0 Å². The molecule has 1 saturated carbocycles. The molecule has 6 heteroatoms. The molecule has 0 aliphatic heterocycles. The number of ether oxygens (including phenoxy) is 2. The van der Waals surface area contributed by atoms with Gasteiger partial charge in [0.25, 0.3) is 0 Å². The molecule has 0 radical (unpaired) electrons. The zero-order valence-electron chi connectivity index (χ0n) is 16.9. The summed E-state index contributed by atoms with van der Waals surface area (Å²) in [4.78, 5) is 24.1. The maximum Gasteiger partial charge on any atom is 0.335 e. The Labute approximate surface area is 170 Å². The fraction of sp³-hybridized carbons (Fsp3) is 0.391. The molecule has 29 heavy (non-hydrogen) atoms. The van der Waals surface area contributed by atoms with Crippen LogP contribution in [0.5, 0.6) is 11.5 Å². The number of benzene rings is 2. The van der Waals surface area contributed by atoms with E-state index in [4.69, 9.17) is 14.6 Å². The quantitative estimate of drug-likeness (QED) is 0.711. The van der Waals surface area contributed by atoms with Gasteiger partial charge in [0.1, 0.15) is 0 Å². The van der Waals surface area contributed by atoms with Crippen molar-refractivity contribution in [1.82, 2.24) is 5.32 Å². The molecule has 0 saturated heterocycles. The summed E-state index contributed by atoms with van der Waals surface area (Å²) in [7, 11) is 3.19. The van der Waals surface area contributed by atoms with Gasteiger partial charge in [0.2, 0.25) is 5.91 Å². The second kappa shape index (κ2) is 8.99. The Morgan fingerprint density at radius 2 is 1.66 bits per heavy atom. The van der Waals surface area contributed by atoms with Crippen molar-refractivity contribution in [2.45, 2.75) is 37.5 Å². The first-order valence-corrected chi connectivity index (χ1v) is 9.83. The number of hydrogen-bond acceptors (Lipinski definition) is 4. The van der Waals surface area contributed by atoms with Gasteiger partial charge in [-0.1, -0.05) is 31.0 Å². The van der Waals surface area contributed by atoms with Crippen molar-refractivity contribution >= 4 is 11.9 Å². The van der Waals surface area contributed by atoms with Gasteiger partial charge in [-0.05, 0) is 54.7 Å². The van der Waals surface area contributed by atoms with E-state index in [1.54, 1.807) is 38.5 Å². The van der Waals surface area contributed by atoms with Crippen LogP contribution in [-0.4, -0.2) is 37.7 Å². The summed E-state index contributed by atoms with van der Waals surface area (Å²) >= 11 is 0. The highest BCUT2D eigenvalue weighted by atomic mass is 16.5. The van der Waals surface area contributed by atoms with Crippen molar-refractivity contribution in [3.05, 3.63) is 59.2 Å². The van der Waals surface area contributed by atoms with Crippen molar-refractivity contribution in [3.63, 3.8) is 0 Å². The minimum absolute atomic E-state index is 0.0318. The third-order valence-electron chi connectivity index (χ3n) is 5.73. The average molecular weight is 397 g/mol. The summed E-state index contributed by atoms with van der Waals surface area (Å²) in [5.41, 5.74) is 1.65. The molecule has 0 bridgehead atoms. The molecule has 2 aromatic carbocycles. The van der Waals surface area contributed by atoms with E-state index in [-0.39, 0.29) is 11.5 Å². The number of carboxylic acid groups (broad SMARTS) is 1. The smallest absolute Gasteiger partial charge is 0.335 e. The third-order valence-corrected chi connectivity index (χ3v) is 5.73. The molecule has 0 heterocycles. The molecule has 0 aromatic heterocycles. The van der Waals surface area contributed by atoms with Gasteiger partial charge in [0.15, 0.2) is 11.5 Å². The van der Waals surface area contributed by atoms with E-state index >= 15 is 0 Å². The van der Waals surface area contributed by atoms with Crippen LogP contribution in [0.25, 0.3) is 0 Å². The third kappa shape index (κ3) is 4.36. The van der Waals surface area contributed by atoms with Crippen molar-refractivity contribution in [2.24, 2.45) is 0 Å².